The molecule has 0 aromatic heterocycles. The zero-order valence-corrected chi connectivity index (χ0v) is 7.12. The summed E-state index contributed by atoms with van der Waals surface area (Å²) < 4.78 is 0. The van der Waals surface area contributed by atoms with Gasteiger partial charge in [-0.25, -0.2) is 0 Å². The Morgan fingerprint density at radius 1 is 1.36 bits per heavy atom. The number of carbonyl (C=O) groups excluding carboxylic acids is 1. The average molecular weight is 166 g/mol. The number of rotatable bonds is 0. The molecule has 1 heterocycles. The van der Waals surface area contributed by atoms with Gasteiger partial charge in [-0.05, 0) is 17.7 Å². The van der Waals surface area contributed by atoms with Crippen LogP contribution in [-0.2, 0) is 4.79 Å². The zero-order chi connectivity index (χ0) is 7.68. The fraction of sp³-hybridized carbons (Fsp3) is 0.444. The molecule has 0 fully saturated rings. The Morgan fingerprint density at radius 3 is 3.09 bits per heavy atom. The first-order valence-corrected chi connectivity index (χ1v) is 4.92. The lowest BCUT2D eigenvalue weighted by Crippen LogP contribution is -2.10. The predicted octanol–water partition coefficient (Wildman–Crippen LogP) is 2.30. The third-order valence-corrected chi connectivity index (χ3v) is 3.18. The first-order chi connectivity index (χ1) is 5.38. The summed E-state index contributed by atoms with van der Waals surface area (Å²) in [6, 6.07) is 0. The Morgan fingerprint density at radius 2 is 2.27 bits per heavy atom. The molecular formula is C9H10OS. The Bertz CT molecular complexity index is 250. The summed E-state index contributed by atoms with van der Waals surface area (Å²) in [4.78, 5) is 12.6. The van der Waals surface area contributed by atoms with E-state index in [0.717, 1.165) is 30.6 Å². The number of carbonyl (C=O) groups is 1. The Labute approximate surface area is 70.6 Å². The van der Waals surface area contributed by atoms with Crippen LogP contribution in [0.15, 0.2) is 22.6 Å². The van der Waals surface area contributed by atoms with Crippen molar-refractivity contribution >= 4 is 17.5 Å². The van der Waals surface area contributed by atoms with E-state index >= 15 is 0 Å². The fourth-order valence-corrected chi connectivity index (χ4v) is 2.50. The standard InChI is InChI=1S/C9H10OS/c10-8-4-1-5-9-7(8)3-2-6-11-9/h2-3H,1,4-6H2. The Kier molecular flexibility index (Phi) is 1.86. The average Bonchev–Trinajstić information content (AvgIpc) is 2.06. The number of Topliss-reactive ketones (excluding diaryl/α,β-unsaturated/α-hetero) is 1. The van der Waals surface area contributed by atoms with Crippen molar-refractivity contribution in [2.45, 2.75) is 19.3 Å². The van der Waals surface area contributed by atoms with Crippen LogP contribution in [0.25, 0.3) is 0 Å². The van der Waals surface area contributed by atoms with Crippen molar-refractivity contribution < 1.29 is 4.79 Å². The minimum Gasteiger partial charge on any atom is -0.294 e. The van der Waals surface area contributed by atoms with Gasteiger partial charge in [0.2, 0.25) is 0 Å². The maximum absolute atomic E-state index is 11.3. The molecule has 0 unspecified atom stereocenters. The lowest BCUT2D eigenvalue weighted by molar-refractivity contribution is -0.115. The van der Waals surface area contributed by atoms with Crippen molar-refractivity contribution in [3.05, 3.63) is 22.6 Å². The molecule has 0 spiro atoms. The molecule has 1 aliphatic heterocycles. The molecule has 0 bridgehead atoms. The van der Waals surface area contributed by atoms with Gasteiger partial charge in [0.1, 0.15) is 0 Å². The van der Waals surface area contributed by atoms with Gasteiger partial charge in [0.25, 0.3) is 0 Å². The summed E-state index contributed by atoms with van der Waals surface area (Å²) in [5.41, 5.74) is 0.993. The number of thioether (sulfide) groups is 1. The van der Waals surface area contributed by atoms with Crippen molar-refractivity contribution in [2.75, 3.05) is 5.75 Å². The van der Waals surface area contributed by atoms with Crippen LogP contribution in [0.5, 0.6) is 0 Å². The van der Waals surface area contributed by atoms with E-state index in [0.29, 0.717) is 5.78 Å². The highest BCUT2D eigenvalue weighted by Crippen LogP contribution is 2.34. The van der Waals surface area contributed by atoms with Crippen LogP contribution in [0.2, 0.25) is 0 Å². The van der Waals surface area contributed by atoms with E-state index in [1.54, 1.807) is 0 Å². The van der Waals surface area contributed by atoms with E-state index in [4.69, 9.17) is 0 Å². The molecular weight excluding hydrogens is 156 g/mol. The highest BCUT2D eigenvalue weighted by Gasteiger charge is 2.19. The second-order valence-electron chi connectivity index (χ2n) is 2.83. The highest BCUT2D eigenvalue weighted by molar-refractivity contribution is 8.03. The van der Waals surface area contributed by atoms with Crippen molar-refractivity contribution in [1.29, 1.82) is 0 Å². The van der Waals surface area contributed by atoms with Gasteiger partial charge < -0.3 is 0 Å². The maximum Gasteiger partial charge on any atom is 0.163 e. The predicted molar refractivity (Wildman–Crippen MR) is 47.5 cm³/mol. The topological polar surface area (TPSA) is 17.1 Å². The van der Waals surface area contributed by atoms with E-state index in [-0.39, 0.29) is 0 Å². The van der Waals surface area contributed by atoms with Gasteiger partial charge in [-0.2, -0.15) is 0 Å². The monoisotopic (exact) mass is 166 g/mol. The fourth-order valence-electron chi connectivity index (χ4n) is 1.48. The molecule has 58 valence electrons. The molecule has 0 N–H and O–H groups in total. The third-order valence-electron chi connectivity index (χ3n) is 2.05. The second-order valence-corrected chi connectivity index (χ2v) is 3.94. The normalized spacial score (nSPS) is 23.8. The van der Waals surface area contributed by atoms with Gasteiger partial charge in [-0.3, -0.25) is 4.79 Å². The largest absolute Gasteiger partial charge is 0.294 e. The molecule has 0 saturated carbocycles. The van der Waals surface area contributed by atoms with Gasteiger partial charge >= 0.3 is 0 Å². The van der Waals surface area contributed by atoms with Gasteiger partial charge in [0.05, 0.1) is 0 Å². The molecule has 2 rings (SSSR count). The van der Waals surface area contributed by atoms with Crippen molar-refractivity contribution in [3.63, 3.8) is 0 Å². The highest BCUT2D eigenvalue weighted by atomic mass is 32.2. The van der Waals surface area contributed by atoms with E-state index in [2.05, 4.69) is 6.08 Å². The van der Waals surface area contributed by atoms with Crippen LogP contribution >= 0.6 is 11.8 Å². The van der Waals surface area contributed by atoms with Crippen LogP contribution in [0.4, 0.5) is 0 Å². The SMILES string of the molecule is O=C1CCCC2=C1C=CCS2. The summed E-state index contributed by atoms with van der Waals surface area (Å²) in [6.45, 7) is 0. The lowest BCUT2D eigenvalue weighted by atomic mass is 9.97. The number of allylic oxidation sites excluding steroid dienone is 3. The quantitative estimate of drug-likeness (QED) is 0.549. The molecule has 0 saturated heterocycles. The van der Waals surface area contributed by atoms with Gasteiger partial charge in [-0.1, -0.05) is 12.2 Å². The summed E-state index contributed by atoms with van der Waals surface area (Å²) in [5, 5.41) is 0. The van der Waals surface area contributed by atoms with Crippen LogP contribution in [0, 0.1) is 0 Å². The van der Waals surface area contributed by atoms with Crippen LogP contribution in [0.1, 0.15) is 19.3 Å². The van der Waals surface area contributed by atoms with Gasteiger partial charge in [-0.15, -0.1) is 11.8 Å². The van der Waals surface area contributed by atoms with E-state index < -0.39 is 0 Å². The van der Waals surface area contributed by atoms with Crippen LogP contribution < -0.4 is 0 Å². The third kappa shape index (κ3) is 1.27. The summed E-state index contributed by atoms with van der Waals surface area (Å²) in [6.07, 6.45) is 7.00. The number of hydrogen-bond donors (Lipinski definition) is 0. The molecule has 2 heteroatoms. The molecule has 11 heavy (non-hydrogen) atoms. The molecule has 1 nitrogen and oxygen atoms in total. The minimum atomic E-state index is 0.342. The van der Waals surface area contributed by atoms with Gasteiger partial charge in [0, 0.05) is 17.7 Å². The summed E-state index contributed by atoms with van der Waals surface area (Å²) in [7, 11) is 0. The van der Waals surface area contributed by atoms with Crippen molar-refractivity contribution in [3.8, 4) is 0 Å². The molecule has 0 radical (unpaired) electrons. The van der Waals surface area contributed by atoms with E-state index in [1.165, 1.54) is 4.91 Å². The number of ketones is 1. The van der Waals surface area contributed by atoms with E-state index in [9.17, 15) is 4.79 Å². The van der Waals surface area contributed by atoms with Crippen molar-refractivity contribution in [2.24, 2.45) is 0 Å². The Balaban J connectivity index is 2.35. The molecule has 0 aromatic rings. The van der Waals surface area contributed by atoms with Crippen molar-refractivity contribution in [1.82, 2.24) is 0 Å². The summed E-state index contributed by atoms with van der Waals surface area (Å²) in [5.74, 6) is 1.39. The lowest BCUT2D eigenvalue weighted by Gasteiger charge is -2.18. The smallest absolute Gasteiger partial charge is 0.163 e. The van der Waals surface area contributed by atoms with Crippen LogP contribution in [0.3, 0.4) is 0 Å². The Hall–Kier alpha value is -0.500. The van der Waals surface area contributed by atoms with E-state index in [1.807, 2.05) is 17.8 Å². The molecule has 1 aliphatic carbocycles. The molecule has 2 aliphatic rings. The van der Waals surface area contributed by atoms with Gasteiger partial charge in [0.15, 0.2) is 5.78 Å². The maximum atomic E-state index is 11.3. The molecule has 0 amide bonds. The molecule has 0 atom stereocenters. The number of hydrogen-bond acceptors (Lipinski definition) is 2. The first-order valence-electron chi connectivity index (χ1n) is 3.93. The zero-order valence-electron chi connectivity index (χ0n) is 6.30. The minimum absolute atomic E-state index is 0.342. The second kappa shape index (κ2) is 2.86. The molecule has 0 aromatic carbocycles. The first kappa shape index (κ1) is 7.17. The summed E-state index contributed by atoms with van der Waals surface area (Å²) >= 11 is 1.82. The van der Waals surface area contributed by atoms with Crippen LogP contribution in [-0.4, -0.2) is 11.5 Å².